The molecule has 1 aliphatic carbocycles. The Morgan fingerprint density at radius 1 is 1.22 bits per heavy atom. The Bertz CT molecular complexity index is 549. The van der Waals surface area contributed by atoms with Crippen LogP contribution in [-0.4, -0.2) is 5.11 Å². The van der Waals surface area contributed by atoms with E-state index in [1.165, 1.54) is 10.4 Å². The second-order valence-corrected chi connectivity index (χ2v) is 6.65. The minimum Gasteiger partial charge on any atom is -0.388 e. The lowest BCUT2D eigenvalue weighted by molar-refractivity contribution is 0.0941. The van der Waals surface area contributed by atoms with Crippen molar-refractivity contribution in [3.05, 3.63) is 56.7 Å². The molecule has 1 aliphatic rings. The van der Waals surface area contributed by atoms with Gasteiger partial charge in [-0.05, 0) is 48.4 Å². The molecule has 0 bridgehead atoms. The van der Waals surface area contributed by atoms with Crippen molar-refractivity contribution in [3.63, 3.8) is 0 Å². The molecule has 0 saturated carbocycles. The molecule has 18 heavy (non-hydrogen) atoms. The van der Waals surface area contributed by atoms with Crippen LogP contribution in [0.25, 0.3) is 0 Å². The Labute approximate surface area is 116 Å². The van der Waals surface area contributed by atoms with E-state index in [0.29, 0.717) is 5.92 Å². The van der Waals surface area contributed by atoms with Crippen LogP contribution in [0.15, 0.2) is 36.4 Å². The molecular formula is C15H15ClOS. The average molecular weight is 279 g/mol. The van der Waals surface area contributed by atoms with Gasteiger partial charge in [0.05, 0.1) is 10.4 Å². The first-order valence-electron chi connectivity index (χ1n) is 6.24. The largest absolute Gasteiger partial charge is 0.388 e. The summed E-state index contributed by atoms with van der Waals surface area (Å²) < 4.78 is 0.829. The van der Waals surface area contributed by atoms with Crippen molar-refractivity contribution in [2.45, 2.75) is 25.4 Å². The smallest absolute Gasteiger partial charge is 0.0931 e. The molecule has 0 aliphatic heterocycles. The number of halogens is 1. The fourth-order valence-electron chi connectivity index (χ4n) is 2.74. The molecule has 0 radical (unpaired) electrons. The summed E-state index contributed by atoms with van der Waals surface area (Å²) in [5.41, 5.74) is 2.40. The maximum Gasteiger partial charge on any atom is 0.0931 e. The zero-order chi connectivity index (χ0) is 12.5. The highest BCUT2D eigenvalue weighted by Gasteiger charge is 2.27. The molecule has 94 valence electrons. The summed E-state index contributed by atoms with van der Waals surface area (Å²) in [6, 6.07) is 12.2. The van der Waals surface area contributed by atoms with Gasteiger partial charge in [-0.25, -0.2) is 0 Å². The first-order chi connectivity index (χ1) is 8.74. The lowest BCUT2D eigenvalue weighted by Crippen LogP contribution is -2.22. The first kappa shape index (κ1) is 12.2. The molecule has 0 amide bonds. The van der Waals surface area contributed by atoms with Crippen LogP contribution in [0.1, 0.15) is 28.5 Å². The number of aryl methyl sites for hydroxylation is 1. The van der Waals surface area contributed by atoms with E-state index in [2.05, 4.69) is 12.1 Å². The van der Waals surface area contributed by atoms with Gasteiger partial charge in [0.1, 0.15) is 0 Å². The molecule has 1 heterocycles. The van der Waals surface area contributed by atoms with Crippen molar-refractivity contribution in [1.29, 1.82) is 0 Å². The van der Waals surface area contributed by atoms with Crippen molar-refractivity contribution in [2.24, 2.45) is 5.92 Å². The van der Waals surface area contributed by atoms with Crippen molar-refractivity contribution in [2.75, 3.05) is 0 Å². The highest BCUT2D eigenvalue weighted by atomic mass is 35.5. The molecule has 1 aromatic heterocycles. The maximum absolute atomic E-state index is 10.5. The highest BCUT2D eigenvalue weighted by Crippen LogP contribution is 2.37. The van der Waals surface area contributed by atoms with Crippen LogP contribution in [0, 0.1) is 5.92 Å². The standard InChI is InChI=1S/C15H15ClOS/c16-14-8-7-12(18-14)9-11-6-5-10-3-1-2-4-13(10)15(11)17/h1-4,7-8,11,15,17H,5-6,9H2. The third kappa shape index (κ3) is 2.33. The van der Waals surface area contributed by atoms with Crippen LogP contribution in [0.5, 0.6) is 0 Å². The zero-order valence-electron chi connectivity index (χ0n) is 9.97. The van der Waals surface area contributed by atoms with E-state index in [1.807, 2.05) is 24.3 Å². The summed E-state index contributed by atoms with van der Waals surface area (Å²) in [4.78, 5) is 1.27. The molecule has 0 spiro atoms. The molecule has 1 aromatic carbocycles. The predicted molar refractivity (Wildman–Crippen MR) is 76.2 cm³/mol. The van der Waals surface area contributed by atoms with Crippen LogP contribution in [0.4, 0.5) is 0 Å². The van der Waals surface area contributed by atoms with Crippen LogP contribution in [-0.2, 0) is 12.8 Å². The van der Waals surface area contributed by atoms with Crippen molar-refractivity contribution < 1.29 is 5.11 Å². The Morgan fingerprint density at radius 2 is 2.06 bits per heavy atom. The Hall–Kier alpha value is -0.830. The van der Waals surface area contributed by atoms with Gasteiger partial charge < -0.3 is 5.11 Å². The van der Waals surface area contributed by atoms with E-state index >= 15 is 0 Å². The zero-order valence-corrected chi connectivity index (χ0v) is 11.5. The number of fused-ring (bicyclic) bond motifs is 1. The van der Waals surface area contributed by atoms with E-state index in [-0.39, 0.29) is 6.10 Å². The second kappa shape index (κ2) is 5.04. The van der Waals surface area contributed by atoms with Gasteiger partial charge in [-0.15, -0.1) is 11.3 Å². The quantitative estimate of drug-likeness (QED) is 0.871. The van der Waals surface area contributed by atoms with E-state index in [1.54, 1.807) is 11.3 Å². The lowest BCUT2D eigenvalue weighted by atomic mass is 9.80. The number of rotatable bonds is 2. The molecule has 3 heteroatoms. The van der Waals surface area contributed by atoms with Gasteiger partial charge in [0.25, 0.3) is 0 Å². The molecule has 2 atom stereocenters. The number of hydrogen-bond donors (Lipinski definition) is 1. The van der Waals surface area contributed by atoms with Gasteiger partial charge in [-0.3, -0.25) is 0 Å². The number of thiophene rings is 1. The third-order valence-electron chi connectivity index (χ3n) is 3.70. The van der Waals surface area contributed by atoms with Gasteiger partial charge >= 0.3 is 0 Å². The molecule has 2 unspecified atom stereocenters. The third-order valence-corrected chi connectivity index (χ3v) is 4.95. The molecule has 0 saturated heterocycles. The topological polar surface area (TPSA) is 20.2 Å². The van der Waals surface area contributed by atoms with Crippen LogP contribution >= 0.6 is 22.9 Å². The molecule has 3 rings (SSSR count). The SMILES string of the molecule is OC1c2ccccc2CCC1Cc1ccc(Cl)s1. The number of aliphatic hydroxyl groups is 1. The Morgan fingerprint density at radius 3 is 2.83 bits per heavy atom. The summed E-state index contributed by atoms with van der Waals surface area (Å²) in [5, 5.41) is 10.5. The highest BCUT2D eigenvalue weighted by molar-refractivity contribution is 7.16. The average Bonchev–Trinajstić information content (AvgIpc) is 2.79. The van der Waals surface area contributed by atoms with Gasteiger partial charge in [-0.2, -0.15) is 0 Å². The maximum atomic E-state index is 10.5. The molecule has 1 nitrogen and oxygen atoms in total. The fraction of sp³-hybridized carbons (Fsp3) is 0.333. The summed E-state index contributed by atoms with van der Waals surface area (Å²) in [5.74, 6) is 0.314. The van der Waals surface area contributed by atoms with E-state index in [9.17, 15) is 5.11 Å². The normalized spacial score (nSPS) is 22.8. The molecular weight excluding hydrogens is 264 g/mol. The summed E-state index contributed by atoms with van der Waals surface area (Å²) in [6.07, 6.45) is 2.70. The van der Waals surface area contributed by atoms with E-state index in [0.717, 1.165) is 29.2 Å². The summed E-state index contributed by atoms with van der Waals surface area (Å²) in [7, 11) is 0. The van der Waals surface area contributed by atoms with Crippen molar-refractivity contribution in [1.82, 2.24) is 0 Å². The lowest BCUT2D eigenvalue weighted by Gasteiger charge is -2.29. The van der Waals surface area contributed by atoms with Gasteiger partial charge in [0.2, 0.25) is 0 Å². The number of hydrogen-bond acceptors (Lipinski definition) is 2. The number of benzene rings is 1. The Kier molecular flexibility index (Phi) is 3.42. The van der Waals surface area contributed by atoms with Gasteiger partial charge in [0.15, 0.2) is 0 Å². The summed E-state index contributed by atoms with van der Waals surface area (Å²) in [6.45, 7) is 0. The van der Waals surface area contributed by atoms with Gasteiger partial charge in [0, 0.05) is 4.88 Å². The molecule has 1 N–H and O–H groups in total. The van der Waals surface area contributed by atoms with Crippen molar-refractivity contribution in [3.8, 4) is 0 Å². The predicted octanol–water partition coefficient (Wildman–Crippen LogP) is 4.24. The minimum absolute atomic E-state index is 0.314. The second-order valence-electron chi connectivity index (χ2n) is 4.85. The van der Waals surface area contributed by atoms with Gasteiger partial charge in [-0.1, -0.05) is 35.9 Å². The summed E-state index contributed by atoms with van der Waals surface area (Å²) >= 11 is 7.57. The molecule has 2 aromatic rings. The van der Waals surface area contributed by atoms with Crippen molar-refractivity contribution >= 4 is 22.9 Å². The monoisotopic (exact) mass is 278 g/mol. The minimum atomic E-state index is -0.337. The first-order valence-corrected chi connectivity index (χ1v) is 7.43. The number of aliphatic hydroxyl groups excluding tert-OH is 1. The van der Waals surface area contributed by atoms with Crippen LogP contribution < -0.4 is 0 Å². The van der Waals surface area contributed by atoms with E-state index in [4.69, 9.17) is 11.6 Å². The molecule has 0 fully saturated rings. The van der Waals surface area contributed by atoms with Crippen LogP contribution in [0.2, 0.25) is 4.34 Å². The van der Waals surface area contributed by atoms with E-state index < -0.39 is 0 Å². The van der Waals surface area contributed by atoms with Crippen LogP contribution in [0.3, 0.4) is 0 Å². The fourth-order valence-corrected chi connectivity index (χ4v) is 3.92. The Balaban J connectivity index is 1.80.